The third kappa shape index (κ3) is 3.33. The van der Waals surface area contributed by atoms with Crippen LogP contribution in [0.2, 0.25) is 0 Å². The first kappa shape index (κ1) is 16.3. The van der Waals surface area contributed by atoms with Gasteiger partial charge in [0.05, 0.1) is 10.8 Å². The number of hydrogen-bond acceptors (Lipinski definition) is 3. The maximum Gasteiger partial charge on any atom is 0.263 e. The first-order valence-corrected chi connectivity index (χ1v) is 9.78. The molecule has 130 valence electrons. The van der Waals surface area contributed by atoms with E-state index in [-0.39, 0.29) is 17.7 Å². The van der Waals surface area contributed by atoms with Gasteiger partial charge in [0.2, 0.25) is 5.91 Å². The van der Waals surface area contributed by atoms with Crippen LogP contribution in [0.25, 0.3) is 0 Å². The second kappa shape index (κ2) is 7.00. The van der Waals surface area contributed by atoms with Crippen LogP contribution >= 0.6 is 11.3 Å². The lowest BCUT2D eigenvalue weighted by Gasteiger charge is -2.36. The predicted molar refractivity (Wildman–Crippen MR) is 98.5 cm³/mol. The molecule has 2 amide bonds. The van der Waals surface area contributed by atoms with E-state index in [1.165, 1.54) is 22.5 Å². The molecule has 1 atom stereocenters. The monoisotopic (exact) mass is 354 g/mol. The minimum Gasteiger partial charge on any atom is -0.338 e. The van der Waals surface area contributed by atoms with Crippen molar-refractivity contribution in [3.63, 3.8) is 0 Å². The Morgan fingerprint density at radius 1 is 1.00 bits per heavy atom. The zero-order valence-electron chi connectivity index (χ0n) is 14.2. The van der Waals surface area contributed by atoms with Crippen LogP contribution in [0.3, 0.4) is 0 Å². The first-order chi connectivity index (χ1) is 12.2. The van der Waals surface area contributed by atoms with Crippen LogP contribution in [0, 0.1) is 5.92 Å². The second-order valence-corrected chi connectivity index (χ2v) is 7.79. The largest absolute Gasteiger partial charge is 0.338 e. The highest BCUT2D eigenvalue weighted by Gasteiger charge is 2.32. The molecular weight excluding hydrogens is 332 g/mol. The Balaban J connectivity index is 1.43. The normalized spacial score (nSPS) is 20.2. The number of carbonyl (C=O) groups excluding carboxylic acids is 2. The Kier molecular flexibility index (Phi) is 4.57. The molecule has 1 saturated heterocycles. The molecule has 0 N–H and O–H groups in total. The minimum atomic E-state index is -0.0667. The number of piperidine rings is 1. The number of likely N-dealkylation sites (tertiary alicyclic amines) is 1. The molecule has 2 aliphatic rings. The molecule has 1 aromatic heterocycles. The van der Waals surface area contributed by atoms with Gasteiger partial charge in [0.1, 0.15) is 0 Å². The van der Waals surface area contributed by atoms with E-state index >= 15 is 0 Å². The fourth-order valence-electron chi connectivity index (χ4n) is 3.86. The molecule has 0 aliphatic carbocycles. The van der Waals surface area contributed by atoms with Crippen LogP contribution in [0.4, 0.5) is 0 Å². The lowest BCUT2D eigenvalue weighted by atomic mass is 9.94. The van der Waals surface area contributed by atoms with Crippen LogP contribution in [-0.4, -0.2) is 41.2 Å². The molecule has 4 rings (SSSR count). The Bertz CT molecular complexity index is 772. The fraction of sp³-hybridized carbons (Fsp3) is 0.400. The highest BCUT2D eigenvalue weighted by molar-refractivity contribution is 7.12. The van der Waals surface area contributed by atoms with E-state index in [1.54, 1.807) is 0 Å². The summed E-state index contributed by atoms with van der Waals surface area (Å²) in [4.78, 5) is 30.2. The molecule has 2 aliphatic heterocycles. The van der Waals surface area contributed by atoms with E-state index in [0.29, 0.717) is 13.1 Å². The zero-order valence-corrected chi connectivity index (χ0v) is 15.0. The Labute approximate surface area is 152 Å². The van der Waals surface area contributed by atoms with Gasteiger partial charge in [-0.15, -0.1) is 11.3 Å². The zero-order chi connectivity index (χ0) is 17.2. The summed E-state index contributed by atoms with van der Waals surface area (Å²) in [6, 6.07) is 12.1. The molecule has 1 fully saturated rings. The maximum atomic E-state index is 13.0. The Morgan fingerprint density at radius 2 is 1.84 bits per heavy atom. The lowest BCUT2D eigenvalue weighted by Crippen LogP contribution is -2.47. The average molecular weight is 354 g/mol. The van der Waals surface area contributed by atoms with Crippen LogP contribution in [0.5, 0.6) is 0 Å². The summed E-state index contributed by atoms with van der Waals surface area (Å²) in [5.41, 5.74) is 2.61. The fourth-order valence-corrected chi connectivity index (χ4v) is 4.55. The van der Waals surface area contributed by atoms with Crippen molar-refractivity contribution < 1.29 is 9.59 Å². The predicted octanol–water partition coefficient (Wildman–Crippen LogP) is 3.19. The number of carbonyl (C=O) groups is 2. The summed E-state index contributed by atoms with van der Waals surface area (Å²) in [6.45, 7) is 2.78. The molecule has 1 unspecified atom stereocenters. The summed E-state index contributed by atoms with van der Waals surface area (Å²) in [6.07, 6.45) is 2.70. The SMILES string of the molecule is O=C(c1cccs1)N1CCCC(C(=O)N2CCc3ccccc3C2)C1. The number of amides is 2. The maximum absolute atomic E-state index is 13.0. The molecule has 25 heavy (non-hydrogen) atoms. The summed E-state index contributed by atoms with van der Waals surface area (Å²) < 4.78 is 0. The van der Waals surface area contributed by atoms with E-state index in [4.69, 9.17) is 0 Å². The van der Waals surface area contributed by atoms with Gasteiger partial charge in [-0.3, -0.25) is 9.59 Å². The van der Waals surface area contributed by atoms with Crippen molar-refractivity contribution in [2.24, 2.45) is 5.92 Å². The number of nitrogens with zero attached hydrogens (tertiary/aromatic N) is 2. The number of thiophene rings is 1. The topological polar surface area (TPSA) is 40.6 Å². The highest BCUT2D eigenvalue weighted by Crippen LogP contribution is 2.25. The third-order valence-corrected chi connectivity index (χ3v) is 6.09. The van der Waals surface area contributed by atoms with Crippen LogP contribution in [0.15, 0.2) is 41.8 Å². The van der Waals surface area contributed by atoms with Gasteiger partial charge in [0.25, 0.3) is 5.91 Å². The van der Waals surface area contributed by atoms with Crippen molar-refractivity contribution in [2.45, 2.75) is 25.8 Å². The van der Waals surface area contributed by atoms with Gasteiger partial charge in [-0.1, -0.05) is 30.3 Å². The van der Waals surface area contributed by atoms with Gasteiger partial charge in [-0.05, 0) is 41.8 Å². The van der Waals surface area contributed by atoms with E-state index in [0.717, 1.165) is 37.2 Å². The highest BCUT2D eigenvalue weighted by atomic mass is 32.1. The van der Waals surface area contributed by atoms with Crippen LogP contribution in [-0.2, 0) is 17.8 Å². The molecule has 0 radical (unpaired) electrons. The first-order valence-electron chi connectivity index (χ1n) is 8.91. The van der Waals surface area contributed by atoms with E-state index in [2.05, 4.69) is 18.2 Å². The number of hydrogen-bond donors (Lipinski definition) is 0. The van der Waals surface area contributed by atoms with Crippen LogP contribution < -0.4 is 0 Å². The molecular formula is C20H22N2O2S. The molecule has 3 heterocycles. The van der Waals surface area contributed by atoms with Gasteiger partial charge < -0.3 is 9.80 Å². The Hall–Kier alpha value is -2.14. The molecule has 1 aromatic carbocycles. The molecule has 0 bridgehead atoms. The summed E-state index contributed by atoms with van der Waals surface area (Å²) in [5, 5.41) is 1.92. The standard InChI is InChI=1S/C20H22N2O2S/c23-19(22-11-9-15-5-1-2-6-16(15)13-22)17-7-3-10-21(14-17)20(24)18-8-4-12-25-18/h1-2,4-6,8,12,17H,3,7,9-11,13-14H2. The van der Waals surface area contributed by atoms with Gasteiger partial charge >= 0.3 is 0 Å². The molecule has 0 saturated carbocycles. The van der Waals surface area contributed by atoms with Crippen molar-refractivity contribution in [1.82, 2.24) is 9.80 Å². The van der Waals surface area contributed by atoms with E-state index in [9.17, 15) is 9.59 Å². The van der Waals surface area contributed by atoms with Crippen molar-refractivity contribution in [3.8, 4) is 0 Å². The lowest BCUT2D eigenvalue weighted by molar-refractivity contribution is -0.137. The van der Waals surface area contributed by atoms with Gasteiger partial charge in [0, 0.05) is 26.2 Å². The van der Waals surface area contributed by atoms with Gasteiger partial charge in [0.15, 0.2) is 0 Å². The van der Waals surface area contributed by atoms with Crippen molar-refractivity contribution in [1.29, 1.82) is 0 Å². The third-order valence-electron chi connectivity index (χ3n) is 5.23. The number of fused-ring (bicyclic) bond motifs is 1. The van der Waals surface area contributed by atoms with Crippen LogP contribution in [0.1, 0.15) is 33.6 Å². The summed E-state index contributed by atoms with van der Waals surface area (Å²) in [5.74, 6) is 0.206. The van der Waals surface area contributed by atoms with Crippen molar-refractivity contribution >= 4 is 23.2 Å². The molecule has 4 nitrogen and oxygen atoms in total. The number of benzene rings is 1. The minimum absolute atomic E-state index is 0.0662. The van der Waals surface area contributed by atoms with E-state index in [1.807, 2.05) is 33.4 Å². The summed E-state index contributed by atoms with van der Waals surface area (Å²) >= 11 is 1.47. The average Bonchev–Trinajstić information content (AvgIpc) is 3.21. The number of rotatable bonds is 2. The quantitative estimate of drug-likeness (QED) is 0.831. The van der Waals surface area contributed by atoms with Crippen molar-refractivity contribution in [2.75, 3.05) is 19.6 Å². The molecule has 0 spiro atoms. The van der Waals surface area contributed by atoms with Gasteiger partial charge in [-0.2, -0.15) is 0 Å². The summed E-state index contributed by atoms with van der Waals surface area (Å²) in [7, 11) is 0. The second-order valence-electron chi connectivity index (χ2n) is 6.85. The van der Waals surface area contributed by atoms with Crippen molar-refractivity contribution in [3.05, 3.63) is 57.8 Å². The Morgan fingerprint density at radius 3 is 2.64 bits per heavy atom. The van der Waals surface area contributed by atoms with E-state index < -0.39 is 0 Å². The smallest absolute Gasteiger partial charge is 0.263 e. The molecule has 5 heteroatoms. The molecule has 2 aromatic rings. The van der Waals surface area contributed by atoms with Gasteiger partial charge in [-0.25, -0.2) is 0 Å².